The minimum atomic E-state index is -2.60. The van der Waals surface area contributed by atoms with Crippen LogP contribution in [0.4, 0.5) is 0 Å². The van der Waals surface area contributed by atoms with Crippen LogP contribution in [-0.2, 0) is 11.7 Å². The van der Waals surface area contributed by atoms with Gasteiger partial charge in [-0.1, -0.05) is 30.2 Å². The molecule has 4 heteroatoms. The lowest BCUT2D eigenvalue weighted by atomic mass is 10.1. The van der Waals surface area contributed by atoms with Gasteiger partial charge in [0.15, 0.2) is 0 Å². The minimum absolute atomic E-state index is 0.0901. The predicted octanol–water partition coefficient (Wildman–Crippen LogP) is 2.09. The molecule has 1 atom stereocenters. The Bertz CT molecular complexity index is 789. The number of hydrogen-bond donors (Lipinski definition) is 0. The van der Waals surface area contributed by atoms with E-state index in [1.165, 1.54) is 12.3 Å². The highest BCUT2D eigenvalue weighted by molar-refractivity contribution is 5.25. The van der Waals surface area contributed by atoms with Gasteiger partial charge in [-0.05, 0) is 25.7 Å². The van der Waals surface area contributed by atoms with Crippen LogP contribution in [0.5, 0.6) is 0 Å². The third kappa shape index (κ3) is 3.66. The Morgan fingerprint density at radius 2 is 2.21 bits per heavy atom. The Morgan fingerprint density at radius 3 is 2.89 bits per heavy atom. The lowest BCUT2D eigenvalue weighted by Gasteiger charge is -2.20. The maximum atomic E-state index is 8.18. The van der Waals surface area contributed by atoms with Crippen LogP contribution in [0.3, 0.4) is 0 Å². The standard InChI is InChI=1S/C15H21N3O/c1-17(2)11-12-19-15(13-7-5-4-6-8-13)14-9-10-16-18(14)3/h4-10,15H,11-12H2,1-3H3/i3D3,4D,5D,6D,7D,8D. The first-order valence-corrected chi connectivity index (χ1v) is 5.84. The van der Waals surface area contributed by atoms with Crippen LogP contribution in [0.1, 0.15) is 28.3 Å². The molecule has 19 heavy (non-hydrogen) atoms. The van der Waals surface area contributed by atoms with Gasteiger partial charge in [0.2, 0.25) is 0 Å². The van der Waals surface area contributed by atoms with Gasteiger partial charge in [-0.2, -0.15) is 5.10 Å². The Balaban J connectivity index is 2.64. The summed E-state index contributed by atoms with van der Waals surface area (Å²) >= 11 is 0. The maximum absolute atomic E-state index is 8.18. The van der Waals surface area contributed by atoms with E-state index >= 15 is 0 Å². The van der Waals surface area contributed by atoms with Gasteiger partial charge in [0.25, 0.3) is 0 Å². The molecule has 0 fully saturated rings. The van der Waals surface area contributed by atoms with E-state index in [-0.39, 0.29) is 17.9 Å². The van der Waals surface area contributed by atoms with Gasteiger partial charge in [-0.25, -0.2) is 0 Å². The zero-order valence-corrected chi connectivity index (χ0v) is 10.9. The van der Waals surface area contributed by atoms with Gasteiger partial charge in [-0.3, -0.25) is 4.68 Å². The highest BCUT2D eigenvalue weighted by Crippen LogP contribution is 2.25. The lowest BCUT2D eigenvalue weighted by Crippen LogP contribution is -2.20. The summed E-state index contributed by atoms with van der Waals surface area (Å²) in [7, 11) is 3.66. The van der Waals surface area contributed by atoms with Gasteiger partial charge >= 0.3 is 0 Å². The summed E-state index contributed by atoms with van der Waals surface area (Å²) < 4.78 is 69.3. The fourth-order valence-electron chi connectivity index (χ4n) is 1.57. The molecular formula is C15H21N3O. The Kier molecular flexibility index (Phi) is 2.28. The number of nitrogens with zero attached hydrogens (tertiary/aromatic N) is 3. The molecule has 102 valence electrons. The second kappa shape index (κ2) is 6.50. The molecule has 0 saturated carbocycles. The molecule has 2 rings (SSSR count). The minimum Gasteiger partial charge on any atom is -0.366 e. The Labute approximate surface area is 125 Å². The predicted molar refractivity (Wildman–Crippen MR) is 76.0 cm³/mol. The summed E-state index contributed by atoms with van der Waals surface area (Å²) in [5.74, 6) is 0. The smallest absolute Gasteiger partial charge is 0.124 e. The molecule has 4 nitrogen and oxygen atoms in total. The summed E-state index contributed by atoms with van der Waals surface area (Å²) in [6.07, 6.45) is 0.0981. The van der Waals surface area contributed by atoms with Gasteiger partial charge in [0.1, 0.15) is 6.10 Å². The quantitative estimate of drug-likeness (QED) is 0.803. The normalized spacial score (nSPS) is 19.5. The van der Waals surface area contributed by atoms with Crippen molar-refractivity contribution in [2.75, 3.05) is 27.2 Å². The maximum Gasteiger partial charge on any atom is 0.124 e. The number of hydrogen-bond acceptors (Lipinski definition) is 3. The summed E-state index contributed by atoms with van der Waals surface area (Å²) in [6.45, 7) is -1.95. The Morgan fingerprint density at radius 1 is 1.42 bits per heavy atom. The van der Waals surface area contributed by atoms with E-state index in [0.717, 1.165) is 4.68 Å². The second-order valence-corrected chi connectivity index (χ2v) is 4.26. The molecule has 2 aromatic rings. The van der Waals surface area contributed by atoms with Crippen molar-refractivity contribution in [2.24, 2.45) is 6.98 Å². The zero-order valence-electron chi connectivity index (χ0n) is 18.9. The van der Waals surface area contributed by atoms with E-state index in [4.69, 9.17) is 15.7 Å². The molecule has 0 bridgehead atoms. The van der Waals surface area contributed by atoms with Crippen molar-refractivity contribution in [3.63, 3.8) is 0 Å². The summed E-state index contributed by atoms with van der Waals surface area (Å²) in [6, 6.07) is -0.999. The number of likely N-dealkylation sites (N-methyl/N-ethyl adjacent to an activating group) is 1. The number of ether oxygens (including phenoxy) is 1. The molecule has 1 aromatic heterocycles. The first-order valence-electron chi connectivity index (χ1n) is 9.84. The average molecular weight is 267 g/mol. The van der Waals surface area contributed by atoms with Gasteiger partial charge in [-0.15, -0.1) is 0 Å². The monoisotopic (exact) mass is 267 g/mol. The summed E-state index contributed by atoms with van der Waals surface area (Å²) in [4.78, 5) is 1.85. The van der Waals surface area contributed by atoms with Crippen molar-refractivity contribution in [3.8, 4) is 0 Å². The SMILES string of the molecule is [2H]c1c([2H])c([2H])c(C(OCCN(C)C)c2ccnn2C([2H])([2H])[2H])c([2H])c1[2H]. The molecule has 0 spiro atoms. The van der Waals surface area contributed by atoms with Gasteiger partial charge in [0.05, 0.1) is 19.2 Å². The zero-order chi connectivity index (χ0) is 20.5. The van der Waals surface area contributed by atoms with Crippen molar-refractivity contribution < 1.29 is 15.7 Å². The first kappa shape index (κ1) is 6.68. The van der Waals surface area contributed by atoms with Crippen LogP contribution in [-0.4, -0.2) is 41.9 Å². The number of rotatable bonds is 6. The lowest BCUT2D eigenvalue weighted by molar-refractivity contribution is 0.0638. The van der Waals surface area contributed by atoms with Crippen molar-refractivity contribution >= 4 is 0 Å². The van der Waals surface area contributed by atoms with Crippen LogP contribution in [0.15, 0.2) is 42.5 Å². The number of aromatic nitrogens is 2. The largest absolute Gasteiger partial charge is 0.366 e. The third-order valence-corrected chi connectivity index (χ3v) is 2.55. The first-order chi connectivity index (χ1) is 12.5. The molecule has 0 N–H and O–H groups in total. The van der Waals surface area contributed by atoms with Crippen LogP contribution in [0, 0.1) is 0 Å². The molecule has 0 aliphatic rings. The fourth-order valence-corrected chi connectivity index (χ4v) is 1.57. The molecular weight excluding hydrogens is 238 g/mol. The van der Waals surface area contributed by atoms with E-state index < -0.39 is 43.3 Å². The molecule has 0 radical (unpaired) electrons. The van der Waals surface area contributed by atoms with Crippen LogP contribution in [0.25, 0.3) is 0 Å². The van der Waals surface area contributed by atoms with Crippen LogP contribution in [0.2, 0.25) is 0 Å². The van der Waals surface area contributed by atoms with Crippen LogP contribution >= 0.6 is 0 Å². The van der Waals surface area contributed by atoms with E-state index in [0.29, 0.717) is 6.54 Å². The topological polar surface area (TPSA) is 30.3 Å². The number of benzene rings is 1. The van der Waals surface area contributed by atoms with Crippen molar-refractivity contribution in [1.82, 2.24) is 14.7 Å². The molecule has 0 amide bonds. The molecule has 1 unspecified atom stereocenters. The summed E-state index contributed by atoms with van der Waals surface area (Å²) in [5, 5.41) is 3.81. The average Bonchev–Trinajstić information content (AvgIpc) is 3.06. The highest BCUT2D eigenvalue weighted by Gasteiger charge is 2.17. The Hall–Kier alpha value is -1.65. The fraction of sp³-hybridized carbons (Fsp3) is 0.400. The van der Waals surface area contributed by atoms with Crippen molar-refractivity contribution in [3.05, 3.63) is 53.7 Å². The number of aryl methyl sites for hydroxylation is 1. The van der Waals surface area contributed by atoms with Crippen molar-refractivity contribution in [1.29, 1.82) is 0 Å². The summed E-state index contributed by atoms with van der Waals surface area (Å²) in [5.41, 5.74) is -0.0296. The second-order valence-electron chi connectivity index (χ2n) is 4.26. The van der Waals surface area contributed by atoms with E-state index in [1.807, 2.05) is 19.0 Å². The molecule has 0 aliphatic carbocycles. The molecule has 0 saturated heterocycles. The highest BCUT2D eigenvalue weighted by atomic mass is 16.5. The molecule has 1 aromatic carbocycles. The van der Waals surface area contributed by atoms with Gasteiger partial charge in [0, 0.05) is 23.8 Å². The van der Waals surface area contributed by atoms with Gasteiger partial charge < -0.3 is 9.64 Å². The molecule has 0 aliphatic heterocycles. The van der Waals surface area contributed by atoms with E-state index in [2.05, 4.69) is 5.10 Å². The van der Waals surface area contributed by atoms with Crippen LogP contribution < -0.4 is 0 Å². The molecule has 1 heterocycles. The van der Waals surface area contributed by atoms with E-state index in [9.17, 15) is 0 Å². The van der Waals surface area contributed by atoms with E-state index in [1.54, 1.807) is 0 Å². The third-order valence-electron chi connectivity index (χ3n) is 2.55. The van der Waals surface area contributed by atoms with Crippen molar-refractivity contribution in [2.45, 2.75) is 6.10 Å².